The van der Waals surface area contributed by atoms with E-state index in [1.165, 1.54) is 24.0 Å². The van der Waals surface area contributed by atoms with Crippen LogP contribution >= 0.6 is 34.4 Å². The molecule has 0 fully saturated rings. The summed E-state index contributed by atoms with van der Waals surface area (Å²) >= 11 is 4.82. The third kappa shape index (κ3) is 4.34. The SMILES string of the molecule is COC(=O)Cn1c(=Cc2scc[n+]2Cc2ccccc2)sc(=C2Sc3ccccc3N2C)c1=N. The molecule has 0 saturated heterocycles. The zero-order chi connectivity index (χ0) is 23.7. The highest BCUT2D eigenvalue weighted by Crippen LogP contribution is 2.44. The van der Waals surface area contributed by atoms with E-state index >= 15 is 0 Å². The molecule has 5 rings (SSSR count). The number of methoxy groups -OCH3 is 1. The van der Waals surface area contributed by atoms with Gasteiger partial charge < -0.3 is 14.2 Å². The van der Waals surface area contributed by atoms with Crippen molar-refractivity contribution in [2.75, 3.05) is 19.1 Å². The van der Waals surface area contributed by atoms with Crippen molar-refractivity contribution in [2.45, 2.75) is 18.0 Å². The number of hydrogen-bond donors (Lipinski definition) is 1. The molecule has 1 aliphatic heterocycles. The number of para-hydroxylation sites is 1. The molecule has 0 bridgehead atoms. The average molecular weight is 508 g/mol. The summed E-state index contributed by atoms with van der Waals surface area (Å²) in [5.41, 5.74) is 2.66. The molecule has 3 heterocycles. The molecule has 9 heteroatoms. The maximum absolute atomic E-state index is 12.2. The van der Waals surface area contributed by atoms with E-state index in [0.717, 1.165) is 36.4 Å². The van der Waals surface area contributed by atoms with Crippen LogP contribution in [0.1, 0.15) is 10.6 Å². The average Bonchev–Trinajstić information content (AvgIpc) is 3.52. The van der Waals surface area contributed by atoms with Gasteiger partial charge in [-0.05, 0) is 12.1 Å². The lowest BCUT2D eigenvalue weighted by Gasteiger charge is -2.12. The van der Waals surface area contributed by atoms with E-state index in [0.29, 0.717) is 5.49 Å². The molecule has 1 aliphatic rings. The van der Waals surface area contributed by atoms with Gasteiger partial charge in [-0.25, -0.2) is 0 Å². The molecule has 6 nitrogen and oxygen atoms in total. The number of fused-ring (bicyclic) bond motifs is 1. The van der Waals surface area contributed by atoms with Gasteiger partial charge in [-0.15, -0.1) is 11.3 Å². The molecule has 0 saturated carbocycles. The normalized spacial score (nSPS) is 15.0. The van der Waals surface area contributed by atoms with E-state index in [4.69, 9.17) is 10.1 Å². The highest BCUT2D eigenvalue weighted by molar-refractivity contribution is 8.08. The number of thioether (sulfide) groups is 1. The van der Waals surface area contributed by atoms with Crippen LogP contribution in [0, 0.1) is 5.41 Å². The van der Waals surface area contributed by atoms with Crippen LogP contribution in [0.25, 0.3) is 11.1 Å². The summed E-state index contributed by atoms with van der Waals surface area (Å²) in [5.74, 6) is -0.374. The van der Waals surface area contributed by atoms with Crippen LogP contribution in [-0.2, 0) is 22.6 Å². The summed E-state index contributed by atoms with van der Waals surface area (Å²) in [4.78, 5) is 15.5. The van der Waals surface area contributed by atoms with Gasteiger partial charge in [-0.3, -0.25) is 10.2 Å². The minimum absolute atomic E-state index is 0.00363. The molecule has 4 aromatic rings. The van der Waals surface area contributed by atoms with Crippen molar-refractivity contribution < 1.29 is 14.1 Å². The van der Waals surface area contributed by atoms with Gasteiger partial charge in [-0.2, -0.15) is 4.57 Å². The number of carbonyl (C=O) groups excluding carboxylic acids is 1. The van der Waals surface area contributed by atoms with E-state index in [2.05, 4.69) is 51.4 Å². The largest absolute Gasteiger partial charge is 0.468 e. The van der Waals surface area contributed by atoms with Crippen molar-refractivity contribution in [3.63, 3.8) is 0 Å². The third-order valence-electron chi connectivity index (χ3n) is 5.56. The van der Waals surface area contributed by atoms with Gasteiger partial charge in [0.05, 0.1) is 24.3 Å². The number of esters is 1. The van der Waals surface area contributed by atoms with Gasteiger partial charge in [0.2, 0.25) is 0 Å². The van der Waals surface area contributed by atoms with Gasteiger partial charge in [0.1, 0.15) is 26.3 Å². The second-order valence-electron chi connectivity index (χ2n) is 7.71. The van der Waals surface area contributed by atoms with Crippen LogP contribution in [0.15, 0.2) is 71.1 Å². The van der Waals surface area contributed by atoms with Crippen LogP contribution in [0.5, 0.6) is 0 Å². The molecule has 34 heavy (non-hydrogen) atoms. The highest BCUT2D eigenvalue weighted by Gasteiger charge is 2.24. The molecular weight excluding hydrogens is 485 g/mol. The molecule has 0 unspecified atom stereocenters. The Morgan fingerprint density at radius 2 is 1.91 bits per heavy atom. The Labute approximate surface area is 209 Å². The minimum Gasteiger partial charge on any atom is -0.468 e. The smallest absolute Gasteiger partial charge is 0.325 e. The van der Waals surface area contributed by atoms with Crippen LogP contribution in [0.4, 0.5) is 5.69 Å². The van der Waals surface area contributed by atoms with Gasteiger partial charge in [0, 0.05) is 17.5 Å². The summed E-state index contributed by atoms with van der Waals surface area (Å²) in [6.07, 6.45) is 4.13. The van der Waals surface area contributed by atoms with E-state index < -0.39 is 0 Å². The number of anilines is 1. The van der Waals surface area contributed by atoms with Crippen LogP contribution in [0.3, 0.4) is 0 Å². The lowest BCUT2D eigenvalue weighted by atomic mass is 10.2. The first kappa shape index (κ1) is 22.6. The molecule has 2 aromatic carbocycles. The van der Waals surface area contributed by atoms with Crippen molar-refractivity contribution in [1.82, 2.24) is 4.57 Å². The van der Waals surface area contributed by atoms with E-state index in [1.54, 1.807) is 27.7 Å². The van der Waals surface area contributed by atoms with Crippen LogP contribution in [0.2, 0.25) is 0 Å². The first-order valence-electron chi connectivity index (χ1n) is 10.6. The number of thiazole rings is 2. The van der Waals surface area contributed by atoms with Crippen molar-refractivity contribution in [2.24, 2.45) is 0 Å². The van der Waals surface area contributed by atoms with Crippen molar-refractivity contribution in [1.29, 1.82) is 5.41 Å². The zero-order valence-electron chi connectivity index (χ0n) is 18.7. The van der Waals surface area contributed by atoms with Crippen molar-refractivity contribution in [3.8, 4) is 0 Å². The monoisotopic (exact) mass is 507 g/mol. The second-order valence-corrected chi connectivity index (χ2v) is 10.7. The van der Waals surface area contributed by atoms with Gasteiger partial charge in [0.25, 0.3) is 5.01 Å². The molecule has 1 N–H and O–H groups in total. The Balaban J connectivity index is 1.64. The number of hydrogen-bond acceptors (Lipinski definition) is 7. The number of nitrogens with one attached hydrogen (secondary N) is 1. The fraction of sp³-hybridized carbons (Fsp3) is 0.160. The quantitative estimate of drug-likeness (QED) is 0.333. The Bertz CT molecular complexity index is 1540. The topological polar surface area (TPSA) is 62.2 Å². The van der Waals surface area contributed by atoms with E-state index in [9.17, 15) is 4.79 Å². The number of nitrogens with zero attached hydrogens (tertiary/aromatic N) is 3. The first-order chi connectivity index (χ1) is 16.5. The Kier molecular flexibility index (Phi) is 6.40. The summed E-state index contributed by atoms with van der Waals surface area (Å²) in [5, 5.41) is 13.0. The van der Waals surface area contributed by atoms with Gasteiger partial charge in [-0.1, -0.05) is 65.6 Å². The van der Waals surface area contributed by atoms with Crippen molar-refractivity contribution >= 4 is 57.2 Å². The number of benzene rings is 2. The second kappa shape index (κ2) is 9.61. The van der Waals surface area contributed by atoms with Gasteiger partial charge in [0.15, 0.2) is 12.7 Å². The maximum atomic E-state index is 12.2. The van der Waals surface area contributed by atoms with Crippen LogP contribution < -0.4 is 24.1 Å². The standard InChI is InChI=1S/C25H23N4O2S3/c1-27-18-10-6-7-11-19(18)33-25(27)23-24(26)29(16-22(30)31-2)21(34-23)14-20-28(12-13-32-20)15-17-8-4-3-5-9-17/h3-14,26H,15-16H2,1-2H3/q+1. The number of aromatic nitrogens is 2. The number of carbonyl (C=O) groups is 1. The third-order valence-corrected chi connectivity index (χ3v) is 8.92. The molecule has 172 valence electrons. The molecular formula is C25H23N4O2S3+. The van der Waals surface area contributed by atoms with Crippen LogP contribution in [-0.4, -0.2) is 24.7 Å². The lowest BCUT2D eigenvalue weighted by Crippen LogP contribution is -2.37. The minimum atomic E-state index is -0.374. The summed E-state index contributed by atoms with van der Waals surface area (Å²) in [6, 6.07) is 18.5. The number of rotatable bonds is 5. The lowest BCUT2D eigenvalue weighted by molar-refractivity contribution is -0.685. The molecule has 0 spiro atoms. The molecule has 0 aliphatic carbocycles. The molecule has 0 radical (unpaired) electrons. The fourth-order valence-electron chi connectivity index (χ4n) is 3.79. The van der Waals surface area contributed by atoms with E-state index in [-0.39, 0.29) is 12.5 Å². The highest BCUT2D eigenvalue weighted by atomic mass is 32.2. The Hall–Kier alpha value is -3.14. The molecule has 2 aromatic heterocycles. The molecule has 0 atom stereocenters. The first-order valence-corrected chi connectivity index (χ1v) is 13.1. The molecule has 0 amide bonds. The zero-order valence-corrected chi connectivity index (χ0v) is 21.2. The summed E-state index contributed by atoms with van der Waals surface area (Å²) < 4.78 is 10.5. The predicted octanol–water partition coefficient (Wildman–Crippen LogP) is 2.74. The fourth-order valence-corrected chi connectivity index (χ4v) is 7.07. The number of ether oxygens (including phenoxy) is 1. The van der Waals surface area contributed by atoms with E-state index in [1.807, 2.05) is 37.4 Å². The predicted molar refractivity (Wildman–Crippen MR) is 137 cm³/mol. The van der Waals surface area contributed by atoms with Gasteiger partial charge >= 0.3 is 5.97 Å². The maximum Gasteiger partial charge on any atom is 0.325 e. The van der Waals surface area contributed by atoms with Crippen molar-refractivity contribution in [3.05, 3.63) is 91.4 Å². The summed E-state index contributed by atoms with van der Waals surface area (Å²) in [6.45, 7) is 0.751. The Morgan fingerprint density at radius 1 is 1.15 bits per heavy atom. The summed E-state index contributed by atoms with van der Waals surface area (Å²) in [7, 11) is 3.40. The Morgan fingerprint density at radius 3 is 2.68 bits per heavy atom.